The average Bonchev–Trinajstić information content (AvgIpc) is 2.82. The minimum Gasteiger partial charge on any atom is -0.493 e. The maximum absolute atomic E-state index is 13.3. The molecule has 9 heteroatoms. The monoisotopic (exact) mass is 527 g/mol. The first-order valence-electron chi connectivity index (χ1n) is 10.7. The Morgan fingerprint density at radius 3 is 2.76 bits per heavy atom. The molecule has 1 atom stereocenters. The zero-order valence-corrected chi connectivity index (χ0v) is 20.8. The normalized spacial score (nSPS) is 12.1. The van der Waals surface area contributed by atoms with Crippen LogP contribution in [0.5, 0.6) is 11.5 Å². The number of fused-ring (bicyclic) bond motifs is 1. The van der Waals surface area contributed by atoms with Gasteiger partial charge in [-0.3, -0.25) is 4.79 Å². The summed E-state index contributed by atoms with van der Waals surface area (Å²) in [5.74, 6) is 0.173. The highest BCUT2D eigenvalue weighted by Gasteiger charge is 2.17. The Bertz CT molecular complexity index is 1320. The van der Waals surface area contributed by atoms with Crippen LogP contribution in [0.15, 0.2) is 57.4 Å². The first kappa shape index (κ1) is 25.2. The number of halogens is 1. The van der Waals surface area contributed by atoms with E-state index in [1.807, 2.05) is 26.0 Å². The van der Waals surface area contributed by atoms with Crippen molar-refractivity contribution in [1.29, 1.82) is 0 Å². The summed E-state index contributed by atoms with van der Waals surface area (Å²) in [5.41, 5.74) is 1.68. The molecule has 1 N–H and O–H groups in total. The molecule has 178 valence electrons. The first-order valence-corrected chi connectivity index (χ1v) is 11.5. The fourth-order valence-electron chi connectivity index (χ4n) is 3.42. The number of nitrogens with zero attached hydrogens (tertiary/aromatic N) is 3. The molecule has 3 aromatic rings. The van der Waals surface area contributed by atoms with Crippen LogP contribution in [0.4, 0.5) is 0 Å². The topological polar surface area (TPSA) is 103 Å². The van der Waals surface area contributed by atoms with E-state index in [-0.39, 0.29) is 11.5 Å². The number of methoxy groups -OCH3 is 1. The molecular formula is C25H26BrN3O5. The standard InChI is InChI=1S/C25H26BrN3O5/c1-5-7-17-10-16(11-21(33-4)23(17)34-14-22(30)31)13-27-29-24(15(3)6-2)28-20-9-8-18(26)12-19(20)25(29)32/h5,8-13,15H,1,6-7,14H2,2-4H3,(H,30,31)/t15-/m0/s1. The highest BCUT2D eigenvalue weighted by Crippen LogP contribution is 2.33. The van der Waals surface area contributed by atoms with E-state index >= 15 is 0 Å². The predicted octanol–water partition coefficient (Wildman–Crippen LogP) is 4.76. The fraction of sp³-hybridized carbons (Fsp3) is 0.280. The van der Waals surface area contributed by atoms with Crippen LogP contribution in [0.1, 0.15) is 43.1 Å². The largest absolute Gasteiger partial charge is 0.493 e. The van der Waals surface area contributed by atoms with Crippen LogP contribution in [0.2, 0.25) is 0 Å². The van der Waals surface area contributed by atoms with Gasteiger partial charge in [0.2, 0.25) is 0 Å². The summed E-state index contributed by atoms with van der Waals surface area (Å²) in [5, 5.41) is 13.9. The second kappa shape index (κ2) is 11.1. The summed E-state index contributed by atoms with van der Waals surface area (Å²) in [4.78, 5) is 29.0. The van der Waals surface area contributed by atoms with Gasteiger partial charge in [0, 0.05) is 16.0 Å². The van der Waals surface area contributed by atoms with E-state index < -0.39 is 12.6 Å². The Labute approximate surface area is 205 Å². The van der Waals surface area contributed by atoms with Crippen molar-refractivity contribution >= 4 is 39.0 Å². The molecule has 8 nitrogen and oxygen atoms in total. The van der Waals surface area contributed by atoms with Crippen molar-refractivity contribution < 1.29 is 19.4 Å². The van der Waals surface area contributed by atoms with Gasteiger partial charge in [0.05, 0.1) is 24.2 Å². The van der Waals surface area contributed by atoms with Crippen molar-refractivity contribution in [1.82, 2.24) is 9.66 Å². The second-order valence-corrected chi connectivity index (χ2v) is 8.60. The summed E-state index contributed by atoms with van der Waals surface area (Å²) in [6.45, 7) is 7.28. The highest BCUT2D eigenvalue weighted by molar-refractivity contribution is 9.10. The molecule has 34 heavy (non-hydrogen) atoms. The quantitative estimate of drug-likeness (QED) is 0.301. The molecule has 0 spiro atoms. The zero-order valence-electron chi connectivity index (χ0n) is 19.2. The molecule has 1 aromatic heterocycles. The van der Waals surface area contributed by atoms with Gasteiger partial charge >= 0.3 is 5.97 Å². The van der Waals surface area contributed by atoms with Gasteiger partial charge in [-0.15, -0.1) is 6.58 Å². The molecule has 0 radical (unpaired) electrons. The second-order valence-electron chi connectivity index (χ2n) is 7.69. The van der Waals surface area contributed by atoms with E-state index in [1.165, 1.54) is 11.8 Å². The number of benzene rings is 2. The van der Waals surface area contributed by atoms with Crippen molar-refractivity contribution in [3.63, 3.8) is 0 Å². The number of aromatic nitrogens is 2. The third-order valence-corrected chi connectivity index (χ3v) is 5.78. The summed E-state index contributed by atoms with van der Waals surface area (Å²) in [6, 6.07) is 8.86. The minimum atomic E-state index is -1.09. The number of carboxylic acid groups (broad SMARTS) is 1. The molecule has 0 saturated heterocycles. The number of hydrogen-bond acceptors (Lipinski definition) is 6. The molecule has 0 unspecified atom stereocenters. The third-order valence-electron chi connectivity index (χ3n) is 5.29. The predicted molar refractivity (Wildman–Crippen MR) is 135 cm³/mol. The molecular weight excluding hydrogens is 502 g/mol. The van der Waals surface area contributed by atoms with Gasteiger partial charge in [0.15, 0.2) is 18.1 Å². The molecule has 3 rings (SSSR count). The average molecular weight is 528 g/mol. The molecule has 0 aliphatic rings. The number of allylic oxidation sites excluding steroid dienone is 1. The number of carboxylic acids is 1. The molecule has 0 amide bonds. The lowest BCUT2D eigenvalue weighted by atomic mass is 10.1. The highest BCUT2D eigenvalue weighted by atomic mass is 79.9. The summed E-state index contributed by atoms with van der Waals surface area (Å²) < 4.78 is 13.0. The van der Waals surface area contributed by atoms with Crippen LogP contribution in [0, 0.1) is 0 Å². The van der Waals surface area contributed by atoms with E-state index in [4.69, 9.17) is 19.6 Å². The van der Waals surface area contributed by atoms with Crippen molar-refractivity contribution in [2.24, 2.45) is 5.10 Å². The van der Waals surface area contributed by atoms with E-state index in [2.05, 4.69) is 27.6 Å². The number of rotatable bonds is 10. The van der Waals surface area contributed by atoms with Crippen molar-refractivity contribution in [3.05, 3.63) is 74.8 Å². The summed E-state index contributed by atoms with van der Waals surface area (Å²) in [6.07, 6.45) is 4.45. The van der Waals surface area contributed by atoms with Gasteiger partial charge < -0.3 is 14.6 Å². The van der Waals surface area contributed by atoms with Gasteiger partial charge in [0.25, 0.3) is 5.56 Å². The van der Waals surface area contributed by atoms with Crippen LogP contribution in [0.25, 0.3) is 10.9 Å². The van der Waals surface area contributed by atoms with Crippen LogP contribution in [-0.2, 0) is 11.2 Å². The van der Waals surface area contributed by atoms with E-state index in [1.54, 1.807) is 30.5 Å². The molecule has 0 bridgehead atoms. The lowest BCUT2D eigenvalue weighted by Crippen LogP contribution is -2.23. The lowest BCUT2D eigenvalue weighted by Gasteiger charge is -2.15. The lowest BCUT2D eigenvalue weighted by molar-refractivity contribution is -0.139. The molecule has 0 saturated carbocycles. The van der Waals surface area contributed by atoms with Gasteiger partial charge in [-0.05, 0) is 48.7 Å². The van der Waals surface area contributed by atoms with E-state index in [0.29, 0.717) is 45.8 Å². The van der Waals surface area contributed by atoms with Crippen molar-refractivity contribution in [3.8, 4) is 11.5 Å². The molecule has 0 fully saturated rings. The fourth-order valence-corrected chi connectivity index (χ4v) is 3.78. The summed E-state index contributed by atoms with van der Waals surface area (Å²) in [7, 11) is 1.47. The Balaban J connectivity index is 2.14. The van der Waals surface area contributed by atoms with Crippen LogP contribution < -0.4 is 15.0 Å². The van der Waals surface area contributed by atoms with Gasteiger partial charge in [0.1, 0.15) is 5.82 Å². The van der Waals surface area contributed by atoms with Gasteiger partial charge in [-0.1, -0.05) is 35.9 Å². The van der Waals surface area contributed by atoms with E-state index in [9.17, 15) is 9.59 Å². The van der Waals surface area contributed by atoms with Crippen LogP contribution >= 0.6 is 15.9 Å². The Hall–Kier alpha value is -3.46. The smallest absolute Gasteiger partial charge is 0.341 e. The van der Waals surface area contributed by atoms with Crippen LogP contribution in [0.3, 0.4) is 0 Å². The first-order chi connectivity index (χ1) is 16.3. The number of carbonyl (C=O) groups is 1. The number of aliphatic carboxylic acids is 1. The van der Waals surface area contributed by atoms with Crippen molar-refractivity contribution in [2.45, 2.75) is 32.6 Å². The third kappa shape index (κ3) is 5.53. The molecule has 0 aliphatic carbocycles. The van der Waals surface area contributed by atoms with Crippen molar-refractivity contribution in [2.75, 3.05) is 13.7 Å². The zero-order chi connectivity index (χ0) is 24.8. The maximum Gasteiger partial charge on any atom is 0.341 e. The SMILES string of the molecule is C=CCc1cc(C=Nn2c([C@@H](C)CC)nc3ccc(Br)cc3c2=O)cc(OC)c1OCC(=O)O. The molecule has 2 aromatic carbocycles. The van der Waals surface area contributed by atoms with Gasteiger partial charge in [-0.2, -0.15) is 9.78 Å². The van der Waals surface area contributed by atoms with E-state index in [0.717, 1.165) is 10.9 Å². The Morgan fingerprint density at radius 2 is 2.12 bits per heavy atom. The molecule has 1 heterocycles. The minimum absolute atomic E-state index is 0.00977. The number of ether oxygens (including phenoxy) is 2. The Kier molecular flexibility index (Phi) is 8.22. The van der Waals surface area contributed by atoms with Gasteiger partial charge in [-0.25, -0.2) is 9.78 Å². The summed E-state index contributed by atoms with van der Waals surface area (Å²) >= 11 is 3.41. The van der Waals surface area contributed by atoms with Crippen LogP contribution in [-0.4, -0.2) is 40.7 Å². The maximum atomic E-state index is 13.3. The number of hydrogen-bond donors (Lipinski definition) is 1. The Morgan fingerprint density at radius 1 is 1.35 bits per heavy atom. The molecule has 0 aliphatic heterocycles.